The number of thiazole rings is 1. The summed E-state index contributed by atoms with van der Waals surface area (Å²) in [6.07, 6.45) is 0. The van der Waals surface area contributed by atoms with Gasteiger partial charge in [-0.1, -0.05) is 0 Å². The highest BCUT2D eigenvalue weighted by Gasteiger charge is 2.17. The summed E-state index contributed by atoms with van der Waals surface area (Å²) in [7, 11) is 1.64. The van der Waals surface area contributed by atoms with Crippen LogP contribution in [0.15, 0.2) is 23.7 Å². The molecule has 0 radical (unpaired) electrons. The fraction of sp³-hybridized carbons (Fsp3) is 0.286. The van der Waals surface area contributed by atoms with Crippen LogP contribution in [0.4, 0.5) is 0 Å². The lowest BCUT2D eigenvalue weighted by molar-refractivity contribution is 0.0521. The van der Waals surface area contributed by atoms with E-state index in [2.05, 4.69) is 4.98 Å². The summed E-state index contributed by atoms with van der Waals surface area (Å²) in [5.41, 5.74) is 3.99. The number of hydrogen-bond acceptors (Lipinski definition) is 5. The molecule has 2 rings (SSSR count). The fourth-order valence-electron chi connectivity index (χ4n) is 1.82. The van der Waals surface area contributed by atoms with Crippen LogP contribution in [0, 0.1) is 6.92 Å². The van der Waals surface area contributed by atoms with Gasteiger partial charge >= 0.3 is 5.97 Å². The lowest BCUT2D eigenvalue weighted by Gasteiger charge is -2.07. The Hall–Kier alpha value is -1.88. The molecule has 0 saturated carbocycles. The van der Waals surface area contributed by atoms with E-state index in [9.17, 15) is 4.79 Å². The molecule has 0 N–H and O–H groups in total. The van der Waals surface area contributed by atoms with E-state index in [0.717, 1.165) is 21.8 Å². The van der Waals surface area contributed by atoms with Gasteiger partial charge in [-0.2, -0.15) is 0 Å². The van der Waals surface area contributed by atoms with Gasteiger partial charge in [0.15, 0.2) is 5.69 Å². The second-order valence-electron chi connectivity index (χ2n) is 3.93. The summed E-state index contributed by atoms with van der Waals surface area (Å²) in [5, 5.41) is 0. The molecule has 0 spiro atoms. The number of hydrogen-bond donors (Lipinski definition) is 0. The van der Waals surface area contributed by atoms with Crippen molar-refractivity contribution in [2.45, 2.75) is 13.8 Å². The van der Waals surface area contributed by atoms with Gasteiger partial charge in [-0.25, -0.2) is 9.78 Å². The zero-order valence-electron chi connectivity index (χ0n) is 11.1. The number of esters is 1. The quantitative estimate of drug-likeness (QED) is 0.804. The van der Waals surface area contributed by atoms with E-state index < -0.39 is 0 Å². The largest absolute Gasteiger partial charge is 0.496 e. The molecule has 4 nitrogen and oxygen atoms in total. The molecule has 19 heavy (non-hydrogen) atoms. The Morgan fingerprint density at radius 2 is 2.21 bits per heavy atom. The number of benzene rings is 1. The van der Waals surface area contributed by atoms with Crippen LogP contribution in [0.3, 0.4) is 0 Å². The maximum atomic E-state index is 11.8. The zero-order valence-corrected chi connectivity index (χ0v) is 11.9. The van der Waals surface area contributed by atoms with Crippen molar-refractivity contribution in [1.82, 2.24) is 4.98 Å². The van der Waals surface area contributed by atoms with E-state index in [1.165, 1.54) is 11.3 Å². The summed E-state index contributed by atoms with van der Waals surface area (Å²) in [6.45, 7) is 4.09. The Morgan fingerprint density at radius 1 is 1.42 bits per heavy atom. The second-order valence-corrected chi connectivity index (χ2v) is 4.79. The maximum absolute atomic E-state index is 11.8. The van der Waals surface area contributed by atoms with E-state index in [4.69, 9.17) is 9.47 Å². The minimum Gasteiger partial charge on any atom is -0.496 e. The molecule has 100 valence electrons. The molecule has 0 unspecified atom stereocenters. The molecule has 1 aromatic carbocycles. The Bertz CT molecular complexity index is 592. The molecule has 0 aliphatic rings. The number of carbonyl (C=O) groups excluding carboxylic acids is 1. The van der Waals surface area contributed by atoms with Gasteiger partial charge in [0.25, 0.3) is 0 Å². The summed E-state index contributed by atoms with van der Waals surface area (Å²) < 4.78 is 10.2. The fourth-order valence-corrected chi connectivity index (χ4v) is 2.59. The molecule has 0 bridgehead atoms. The Morgan fingerprint density at radius 3 is 2.84 bits per heavy atom. The Kier molecular flexibility index (Phi) is 4.16. The van der Waals surface area contributed by atoms with Crippen molar-refractivity contribution < 1.29 is 14.3 Å². The highest BCUT2D eigenvalue weighted by molar-refractivity contribution is 7.13. The first-order valence-corrected chi connectivity index (χ1v) is 6.81. The number of rotatable bonds is 4. The third kappa shape index (κ3) is 2.76. The van der Waals surface area contributed by atoms with Crippen molar-refractivity contribution in [2.24, 2.45) is 0 Å². The van der Waals surface area contributed by atoms with Gasteiger partial charge < -0.3 is 9.47 Å². The average Bonchev–Trinajstić information content (AvgIpc) is 2.88. The number of aryl methyl sites for hydroxylation is 1. The minimum atomic E-state index is -0.382. The van der Waals surface area contributed by atoms with Gasteiger partial charge in [-0.3, -0.25) is 0 Å². The normalized spacial score (nSPS) is 10.3. The molecule has 1 aromatic heterocycles. The smallest absolute Gasteiger partial charge is 0.358 e. The Balaban J connectivity index is 2.40. The SMILES string of the molecule is CCOC(=O)c1ncsc1-c1ccc(OC)c(C)c1. The van der Waals surface area contributed by atoms with Crippen LogP contribution in [-0.2, 0) is 4.74 Å². The van der Waals surface area contributed by atoms with Crippen LogP contribution in [0.2, 0.25) is 0 Å². The molecular weight excluding hydrogens is 262 g/mol. The van der Waals surface area contributed by atoms with Gasteiger partial charge in [0.2, 0.25) is 0 Å². The van der Waals surface area contributed by atoms with E-state index in [-0.39, 0.29) is 5.97 Å². The number of aromatic nitrogens is 1. The lowest BCUT2D eigenvalue weighted by Crippen LogP contribution is -2.06. The summed E-state index contributed by atoms with van der Waals surface area (Å²) in [5.74, 6) is 0.443. The third-order valence-electron chi connectivity index (χ3n) is 2.69. The first-order chi connectivity index (χ1) is 9.17. The molecule has 0 amide bonds. The highest BCUT2D eigenvalue weighted by Crippen LogP contribution is 2.31. The zero-order chi connectivity index (χ0) is 13.8. The first-order valence-electron chi connectivity index (χ1n) is 5.93. The summed E-state index contributed by atoms with van der Waals surface area (Å²) in [6, 6.07) is 5.79. The van der Waals surface area contributed by atoms with Gasteiger partial charge in [-0.15, -0.1) is 11.3 Å². The number of carbonyl (C=O) groups is 1. The van der Waals surface area contributed by atoms with Crippen molar-refractivity contribution >= 4 is 17.3 Å². The van der Waals surface area contributed by atoms with E-state index >= 15 is 0 Å². The predicted octanol–water partition coefficient (Wildman–Crippen LogP) is 3.30. The maximum Gasteiger partial charge on any atom is 0.358 e. The summed E-state index contributed by atoms with van der Waals surface area (Å²) >= 11 is 1.43. The van der Waals surface area contributed by atoms with Crippen LogP contribution in [0.25, 0.3) is 10.4 Å². The van der Waals surface area contributed by atoms with Crippen molar-refractivity contribution in [3.63, 3.8) is 0 Å². The molecular formula is C14H15NO3S. The van der Waals surface area contributed by atoms with Gasteiger partial charge in [0.05, 0.1) is 24.1 Å². The average molecular weight is 277 g/mol. The molecule has 0 aliphatic carbocycles. The number of ether oxygens (including phenoxy) is 2. The number of methoxy groups -OCH3 is 1. The van der Waals surface area contributed by atoms with Crippen LogP contribution < -0.4 is 4.74 Å². The second kappa shape index (κ2) is 5.84. The molecule has 2 aromatic rings. The van der Waals surface area contributed by atoms with Crippen molar-refractivity contribution in [3.05, 3.63) is 35.0 Å². The molecule has 0 atom stereocenters. The first kappa shape index (κ1) is 13.5. The van der Waals surface area contributed by atoms with Crippen LogP contribution >= 0.6 is 11.3 Å². The van der Waals surface area contributed by atoms with E-state index in [1.54, 1.807) is 19.5 Å². The number of nitrogens with zero attached hydrogens (tertiary/aromatic N) is 1. The minimum absolute atomic E-state index is 0.345. The monoisotopic (exact) mass is 277 g/mol. The predicted molar refractivity (Wildman–Crippen MR) is 74.8 cm³/mol. The van der Waals surface area contributed by atoms with E-state index in [0.29, 0.717) is 12.3 Å². The van der Waals surface area contributed by atoms with Gasteiger partial charge in [0.1, 0.15) is 5.75 Å². The standard InChI is InChI=1S/C14H15NO3S/c1-4-18-14(16)12-13(19-8-15-12)10-5-6-11(17-3)9(2)7-10/h5-8H,4H2,1-3H3. The van der Waals surface area contributed by atoms with E-state index in [1.807, 2.05) is 25.1 Å². The molecule has 0 saturated heterocycles. The van der Waals surface area contributed by atoms with Crippen molar-refractivity contribution in [3.8, 4) is 16.2 Å². The van der Waals surface area contributed by atoms with Crippen LogP contribution in [0.5, 0.6) is 5.75 Å². The topological polar surface area (TPSA) is 48.4 Å². The molecule has 0 aliphatic heterocycles. The lowest BCUT2D eigenvalue weighted by atomic mass is 10.1. The molecule has 5 heteroatoms. The van der Waals surface area contributed by atoms with Crippen molar-refractivity contribution in [2.75, 3.05) is 13.7 Å². The molecule has 0 fully saturated rings. The Labute approximate surface area is 116 Å². The highest BCUT2D eigenvalue weighted by atomic mass is 32.1. The third-order valence-corrected chi connectivity index (χ3v) is 3.57. The van der Waals surface area contributed by atoms with Crippen LogP contribution in [-0.4, -0.2) is 24.7 Å². The molecule has 1 heterocycles. The summed E-state index contributed by atoms with van der Waals surface area (Å²) in [4.78, 5) is 16.7. The van der Waals surface area contributed by atoms with Gasteiger partial charge in [0, 0.05) is 0 Å². The van der Waals surface area contributed by atoms with Crippen molar-refractivity contribution in [1.29, 1.82) is 0 Å². The van der Waals surface area contributed by atoms with Crippen LogP contribution in [0.1, 0.15) is 23.0 Å². The van der Waals surface area contributed by atoms with Gasteiger partial charge in [-0.05, 0) is 43.2 Å².